The summed E-state index contributed by atoms with van der Waals surface area (Å²) in [4.78, 5) is 26.5. The van der Waals surface area contributed by atoms with Gasteiger partial charge in [0.15, 0.2) is 0 Å². The van der Waals surface area contributed by atoms with Gasteiger partial charge < -0.3 is 58.8 Å². The Bertz CT molecular complexity index is 3750. The average molecular weight is 1210 g/mol. The smallest absolute Gasteiger partial charge is 0.252 e. The van der Waals surface area contributed by atoms with Gasteiger partial charge >= 0.3 is 0 Å². The zero-order chi connectivity index (χ0) is 63.8. The maximum atomic E-state index is 7.51. The zero-order valence-electron chi connectivity index (χ0n) is 55.1. The van der Waals surface area contributed by atoms with E-state index in [0.29, 0.717) is 5.02 Å². The zero-order valence-corrected chi connectivity index (χ0v) is 55.9. The van der Waals surface area contributed by atoms with Crippen LogP contribution in [0.15, 0.2) is 218 Å². The summed E-state index contributed by atoms with van der Waals surface area (Å²) in [5.74, 6) is 0. The van der Waals surface area contributed by atoms with Gasteiger partial charge in [-0.05, 0) is 223 Å². The highest BCUT2D eigenvalue weighted by molar-refractivity contribution is 7.00. The van der Waals surface area contributed by atoms with Crippen LogP contribution in [0.1, 0.15) is 0 Å². The minimum Gasteiger partial charge on any atom is -0.378 e. The van der Waals surface area contributed by atoms with Crippen LogP contribution in [0.3, 0.4) is 0 Å². The van der Waals surface area contributed by atoms with E-state index in [0.717, 1.165) is 68.2 Å². The van der Waals surface area contributed by atoms with Gasteiger partial charge in [0.05, 0.1) is 16.4 Å². The molecule has 2 heterocycles. The van der Waals surface area contributed by atoms with Gasteiger partial charge in [0.1, 0.15) is 0 Å². The molecular weight excluding hydrogens is 1130 g/mol. The molecule has 2 aliphatic heterocycles. The second kappa shape index (κ2) is 25.7. The molecule has 0 radical (unpaired) electrons. The van der Waals surface area contributed by atoms with Crippen molar-refractivity contribution in [2.75, 3.05) is 172 Å². The standard InChI is InChI=1S/C38H41BN6.C38H43ClN6/c1-40(2)26-12-16-28(17-13-26)44-34-22-20-30(42(5)6)24-32(34)39-33-25-31(43(7)8)21-23-35(33)45(37-11-9-10-36(44)38(37)39)29-18-14-27(15-19-29)41(3)4;1-40(2)28-12-20-32(21-13-28)44(33-22-14-29(15-23-33)41(3)4)36-10-9-11-37(38(36)39)45(34-24-16-30(17-25-34)42(5)6)35-26-18-31(19-27-35)43(7)8/h9-25H,1-8H3;9-27H,1-8H3. The van der Waals surface area contributed by atoms with E-state index in [1.807, 2.05) is 0 Å². The fraction of sp³-hybridized carbons (Fsp3) is 0.211. The lowest BCUT2D eigenvalue weighted by molar-refractivity contribution is 1.12. The van der Waals surface area contributed by atoms with Crippen molar-refractivity contribution in [2.45, 2.75) is 0 Å². The summed E-state index contributed by atoms with van der Waals surface area (Å²) in [5, 5.41) is 0.652. The number of benzene rings is 10. The Kier molecular flexibility index (Phi) is 17.6. The van der Waals surface area contributed by atoms with Crippen molar-refractivity contribution in [3.63, 3.8) is 0 Å². The highest BCUT2D eigenvalue weighted by atomic mass is 35.5. The topological polar surface area (TPSA) is 38.9 Å². The first-order chi connectivity index (χ1) is 43.2. The molecule has 0 atom stereocenters. The largest absolute Gasteiger partial charge is 0.378 e. The molecule has 0 spiro atoms. The molecule has 0 N–H and O–H groups in total. The first kappa shape index (κ1) is 61.8. The summed E-state index contributed by atoms with van der Waals surface area (Å²) in [5.41, 5.74) is 26.3. The van der Waals surface area contributed by atoms with Crippen molar-refractivity contribution in [3.8, 4) is 0 Å². The monoisotopic (exact) mass is 1210 g/mol. The molecule has 14 heteroatoms. The third-order valence-corrected chi connectivity index (χ3v) is 17.6. The van der Waals surface area contributed by atoms with Gasteiger partial charge in [-0.15, -0.1) is 0 Å². The van der Waals surface area contributed by atoms with Crippen LogP contribution in [0.4, 0.5) is 114 Å². The van der Waals surface area contributed by atoms with Crippen LogP contribution in [0.25, 0.3) is 0 Å². The Morgan fingerprint density at radius 2 is 0.489 bits per heavy atom. The van der Waals surface area contributed by atoms with E-state index in [-0.39, 0.29) is 6.71 Å². The first-order valence-corrected chi connectivity index (χ1v) is 31.0. The molecule has 0 saturated heterocycles. The minimum atomic E-state index is 0.0793. The molecule has 10 aromatic carbocycles. The predicted molar refractivity (Wildman–Crippen MR) is 396 cm³/mol. The van der Waals surface area contributed by atoms with E-state index >= 15 is 0 Å². The Balaban J connectivity index is 0.000000185. The lowest BCUT2D eigenvalue weighted by atomic mass is 9.33. The van der Waals surface area contributed by atoms with Gasteiger partial charge in [0.2, 0.25) is 0 Å². The molecule has 90 heavy (non-hydrogen) atoms. The Morgan fingerprint density at radius 3 is 0.756 bits per heavy atom. The molecule has 12 nitrogen and oxygen atoms in total. The number of fused-ring (bicyclic) bond motifs is 4. The van der Waals surface area contributed by atoms with Gasteiger partial charge in [-0.25, -0.2) is 0 Å². The molecule has 0 unspecified atom stereocenters. The van der Waals surface area contributed by atoms with E-state index in [2.05, 4.69) is 390 Å². The van der Waals surface area contributed by atoms with Crippen LogP contribution >= 0.6 is 11.6 Å². The molecular formula is C76H84BClN12. The number of halogens is 1. The Morgan fingerprint density at radius 1 is 0.256 bits per heavy atom. The second-order valence-electron chi connectivity index (χ2n) is 24.8. The quantitative estimate of drug-likeness (QED) is 0.0866. The molecule has 0 amide bonds. The minimum absolute atomic E-state index is 0.0793. The summed E-state index contributed by atoms with van der Waals surface area (Å²) < 4.78 is 0. The van der Waals surface area contributed by atoms with Crippen molar-refractivity contribution in [1.82, 2.24) is 0 Å². The predicted octanol–water partition coefficient (Wildman–Crippen LogP) is 15.6. The number of anilines is 20. The first-order valence-electron chi connectivity index (χ1n) is 30.6. The average Bonchev–Trinajstić information content (AvgIpc) is 0.705. The molecule has 0 bridgehead atoms. The number of hydrogen-bond donors (Lipinski definition) is 0. The Labute approximate surface area is 540 Å². The van der Waals surface area contributed by atoms with Gasteiger partial charge in [0, 0.05) is 215 Å². The third-order valence-electron chi connectivity index (χ3n) is 17.2. The summed E-state index contributed by atoms with van der Waals surface area (Å²) >= 11 is 7.51. The fourth-order valence-electron chi connectivity index (χ4n) is 12.1. The highest BCUT2D eigenvalue weighted by Gasteiger charge is 2.43. The third kappa shape index (κ3) is 12.1. The molecule has 12 rings (SSSR count). The number of nitrogens with zero attached hydrogens (tertiary/aromatic N) is 12. The summed E-state index contributed by atoms with van der Waals surface area (Å²) in [6.45, 7) is 0.0793. The summed E-state index contributed by atoms with van der Waals surface area (Å²) in [7, 11) is 33.3. The van der Waals surface area contributed by atoms with Crippen LogP contribution in [-0.4, -0.2) is 119 Å². The molecule has 2 aliphatic rings. The normalized spacial score (nSPS) is 11.8. The van der Waals surface area contributed by atoms with Crippen molar-refractivity contribution in [1.29, 1.82) is 0 Å². The fourth-order valence-corrected chi connectivity index (χ4v) is 12.4. The van der Waals surface area contributed by atoms with E-state index in [1.165, 1.54) is 61.9 Å². The summed E-state index contributed by atoms with van der Waals surface area (Å²) in [6.07, 6.45) is 0. The molecule has 0 saturated carbocycles. The molecule has 0 aromatic heterocycles. The lowest BCUT2D eigenvalue weighted by Crippen LogP contribution is -2.61. The van der Waals surface area contributed by atoms with Crippen molar-refractivity contribution >= 4 is 148 Å². The van der Waals surface area contributed by atoms with Crippen LogP contribution in [0.2, 0.25) is 5.02 Å². The highest BCUT2D eigenvalue weighted by Crippen LogP contribution is 2.49. The molecule has 0 fully saturated rings. The van der Waals surface area contributed by atoms with E-state index in [9.17, 15) is 0 Å². The number of hydrogen-bond acceptors (Lipinski definition) is 12. The molecule has 458 valence electrons. The van der Waals surface area contributed by atoms with Gasteiger partial charge in [-0.3, -0.25) is 0 Å². The van der Waals surface area contributed by atoms with Crippen molar-refractivity contribution < 1.29 is 0 Å². The van der Waals surface area contributed by atoms with Crippen LogP contribution in [0, 0.1) is 0 Å². The maximum absolute atomic E-state index is 7.51. The van der Waals surface area contributed by atoms with Gasteiger partial charge in [0.25, 0.3) is 6.71 Å². The number of rotatable bonds is 16. The van der Waals surface area contributed by atoms with Crippen molar-refractivity contribution in [2.24, 2.45) is 0 Å². The van der Waals surface area contributed by atoms with Crippen molar-refractivity contribution in [3.05, 3.63) is 223 Å². The molecule has 0 aliphatic carbocycles. The van der Waals surface area contributed by atoms with Crippen LogP contribution in [-0.2, 0) is 0 Å². The van der Waals surface area contributed by atoms with E-state index in [1.54, 1.807) is 0 Å². The molecule has 10 aromatic rings. The van der Waals surface area contributed by atoms with Crippen LogP contribution < -0.4 is 75.2 Å². The lowest BCUT2D eigenvalue weighted by Gasteiger charge is -2.44. The van der Waals surface area contributed by atoms with Gasteiger partial charge in [-0.2, -0.15) is 0 Å². The Hall–Kier alpha value is -9.85. The SMILES string of the molecule is CN(C)c1ccc(N(c2ccc(N(C)C)cc2)c2cccc(N(c3ccc(N(C)C)cc3)c3ccc(N(C)C)cc3)c2Cl)cc1.CN(C)c1ccc(N2c3ccc(N(C)C)cc3B3c4cc(N(C)C)ccc4N(c4ccc(N(C)C)cc4)c4cccc2c43)cc1. The van der Waals surface area contributed by atoms with Gasteiger partial charge in [-0.1, -0.05) is 23.7 Å². The van der Waals surface area contributed by atoms with E-state index < -0.39 is 0 Å². The second-order valence-corrected chi connectivity index (χ2v) is 25.2. The maximum Gasteiger partial charge on any atom is 0.252 e. The van der Waals surface area contributed by atoms with Crippen LogP contribution in [0.5, 0.6) is 0 Å². The van der Waals surface area contributed by atoms with E-state index in [4.69, 9.17) is 11.6 Å². The summed E-state index contributed by atoms with van der Waals surface area (Å²) in [6, 6.07) is 79.1.